The molecule has 1 N–H and O–H groups in total. The molecule has 0 saturated carbocycles. The van der Waals surface area contributed by atoms with Crippen LogP contribution in [0.3, 0.4) is 0 Å². The number of benzene rings is 3. The standard InChI is InChI=1S/C26H28ClN3O5S/c1-29(2)36(32,33)23-10-3-19(4-11-23)18-35-22-8-5-20(6-9-22)26(31)28-21-7-12-25(24(27)17-21)30-13-15-34-16-14-30/h3-12,17H,13-16,18H2,1-2H3,(H,28,31). The lowest BCUT2D eigenvalue weighted by Gasteiger charge is -2.29. The molecule has 1 aliphatic heterocycles. The highest BCUT2D eigenvalue weighted by Gasteiger charge is 2.17. The van der Waals surface area contributed by atoms with Crippen LogP contribution in [0.25, 0.3) is 0 Å². The molecule has 1 aliphatic rings. The number of hydrogen-bond acceptors (Lipinski definition) is 6. The van der Waals surface area contributed by atoms with Gasteiger partial charge in [0.1, 0.15) is 12.4 Å². The monoisotopic (exact) mass is 529 g/mol. The van der Waals surface area contributed by atoms with E-state index in [1.54, 1.807) is 54.6 Å². The van der Waals surface area contributed by atoms with Crippen molar-refractivity contribution in [1.29, 1.82) is 0 Å². The fourth-order valence-electron chi connectivity index (χ4n) is 3.69. The molecule has 0 radical (unpaired) electrons. The number of hydrogen-bond donors (Lipinski definition) is 1. The average molecular weight is 530 g/mol. The summed E-state index contributed by atoms with van der Waals surface area (Å²) in [6.07, 6.45) is 0. The van der Waals surface area contributed by atoms with E-state index in [-0.39, 0.29) is 17.4 Å². The Labute approximate surface area is 216 Å². The minimum absolute atomic E-state index is 0.226. The molecule has 10 heteroatoms. The van der Waals surface area contributed by atoms with Gasteiger partial charge in [0.25, 0.3) is 5.91 Å². The number of carbonyl (C=O) groups is 1. The summed E-state index contributed by atoms with van der Waals surface area (Å²) in [5.74, 6) is 0.337. The summed E-state index contributed by atoms with van der Waals surface area (Å²) >= 11 is 6.46. The Balaban J connectivity index is 1.33. The maximum absolute atomic E-state index is 12.7. The molecule has 0 aliphatic carbocycles. The number of ether oxygens (including phenoxy) is 2. The number of rotatable bonds is 8. The van der Waals surface area contributed by atoms with E-state index in [2.05, 4.69) is 10.2 Å². The molecule has 0 spiro atoms. The van der Waals surface area contributed by atoms with Crippen molar-refractivity contribution < 1.29 is 22.7 Å². The van der Waals surface area contributed by atoms with Crippen molar-refractivity contribution in [3.05, 3.63) is 82.9 Å². The Morgan fingerprint density at radius 2 is 1.69 bits per heavy atom. The Morgan fingerprint density at radius 1 is 1.03 bits per heavy atom. The normalized spacial score (nSPS) is 14.1. The summed E-state index contributed by atoms with van der Waals surface area (Å²) < 4.78 is 36.7. The van der Waals surface area contributed by atoms with Gasteiger partial charge in [-0.1, -0.05) is 23.7 Å². The first kappa shape index (κ1) is 26.0. The number of morpholine rings is 1. The summed E-state index contributed by atoms with van der Waals surface area (Å²) in [6, 6.07) is 18.8. The zero-order valence-corrected chi connectivity index (χ0v) is 21.7. The third kappa shape index (κ3) is 6.17. The van der Waals surface area contributed by atoms with Crippen molar-refractivity contribution in [2.24, 2.45) is 0 Å². The molecule has 3 aromatic rings. The van der Waals surface area contributed by atoms with E-state index in [1.165, 1.54) is 18.4 Å². The molecule has 8 nitrogen and oxygen atoms in total. The van der Waals surface area contributed by atoms with E-state index in [0.29, 0.717) is 35.2 Å². The van der Waals surface area contributed by atoms with Gasteiger partial charge in [-0.25, -0.2) is 12.7 Å². The first-order valence-electron chi connectivity index (χ1n) is 11.4. The summed E-state index contributed by atoms with van der Waals surface area (Å²) in [5.41, 5.74) is 2.84. The minimum Gasteiger partial charge on any atom is -0.489 e. The molecule has 0 bridgehead atoms. The predicted octanol–water partition coefficient (Wildman–Crippen LogP) is 4.26. The summed E-state index contributed by atoms with van der Waals surface area (Å²) in [7, 11) is -0.478. The van der Waals surface area contributed by atoms with E-state index < -0.39 is 10.0 Å². The van der Waals surface area contributed by atoms with Gasteiger partial charge in [0.2, 0.25) is 10.0 Å². The zero-order valence-electron chi connectivity index (χ0n) is 20.1. The molecule has 1 saturated heterocycles. The van der Waals surface area contributed by atoms with Crippen molar-refractivity contribution in [2.45, 2.75) is 11.5 Å². The molecule has 1 amide bonds. The van der Waals surface area contributed by atoms with Crippen LogP contribution in [0.2, 0.25) is 5.02 Å². The van der Waals surface area contributed by atoms with Crippen LogP contribution < -0.4 is 15.0 Å². The Morgan fingerprint density at radius 3 is 2.31 bits per heavy atom. The summed E-state index contributed by atoms with van der Waals surface area (Å²) in [4.78, 5) is 15.1. The average Bonchev–Trinajstić information content (AvgIpc) is 2.88. The van der Waals surface area contributed by atoms with E-state index >= 15 is 0 Å². The van der Waals surface area contributed by atoms with E-state index in [9.17, 15) is 13.2 Å². The van der Waals surface area contributed by atoms with Gasteiger partial charge in [-0.05, 0) is 60.2 Å². The number of halogens is 1. The molecule has 36 heavy (non-hydrogen) atoms. The lowest BCUT2D eigenvalue weighted by molar-refractivity contribution is 0.102. The fraction of sp³-hybridized carbons (Fsp3) is 0.269. The van der Waals surface area contributed by atoms with E-state index in [4.69, 9.17) is 21.1 Å². The number of nitrogens with zero attached hydrogens (tertiary/aromatic N) is 2. The lowest BCUT2D eigenvalue weighted by Crippen LogP contribution is -2.36. The molecule has 4 rings (SSSR count). The molecule has 0 aromatic heterocycles. The van der Waals surface area contributed by atoms with Gasteiger partial charge in [-0.2, -0.15) is 0 Å². The van der Waals surface area contributed by atoms with Crippen LogP contribution in [-0.2, 0) is 21.4 Å². The summed E-state index contributed by atoms with van der Waals surface area (Å²) in [6.45, 7) is 3.17. The second-order valence-electron chi connectivity index (χ2n) is 8.46. The molecular weight excluding hydrogens is 502 g/mol. The zero-order chi connectivity index (χ0) is 25.7. The Hall–Kier alpha value is -3.11. The molecule has 3 aromatic carbocycles. The van der Waals surface area contributed by atoms with Crippen molar-refractivity contribution in [2.75, 3.05) is 50.6 Å². The first-order chi connectivity index (χ1) is 17.2. The second kappa shape index (κ2) is 11.3. The number of nitrogens with one attached hydrogen (secondary N) is 1. The molecule has 1 fully saturated rings. The lowest BCUT2D eigenvalue weighted by atomic mass is 10.2. The quantitative estimate of drug-likeness (QED) is 0.469. The highest BCUT2D eigenvalue weighted by Crippen LogP contribution is 2.29. The third-order valence-electron chi connectivity index (χ3n) is 5.78. The topological polar surface area (TPSA) is 88.2 Å². The SMILES string of the molecule is CN(C)S(=O)(=O)c1ccc(COc2ccc(C(=O)Nc3ccc(N4CCOCC4)c(Cl)c3)cc2)cc1. The van der Waals surface area contributed by atoms with Gasteiger partial charge in [0.05, 0.1) is 28.8 Å². The van der Waals surface area contributed by atoms with Crippen molar-refractivity contribution in [1.82, 2.24) is 4.31 Å². The van der Waals surface area contributed by atoms with Crippen LogP contribution in [0.5, 0.6) is 5.75 Å². The van der Waals surface area contributed by atoms with Gasteiger partial charge < -0.3 is 19.7 Å². The Kier molecular flexibility index (Phi) is 8.15. The molecular formula is C26H28ClN3O5S. The van der Waals surface area contributed by atoms with Crippen molar-refractivity contribution in [3.8, 4) is 5.75 Å². The second-order valence-corrected chi connectivity index (χ2v) is 11.0. The highest BCUT2D eigenvalue weighted by molar-refractivity contribution is 7.89. The van der Waals surface area contributed by atoms with Crippen LogP contribution in [0.4, 0.5) is 11.4 Å². The number of sulfonamides is 1. The third-order valence-corrected chi connectivity index (χ3v) is 7.91. The molecule has 190 valence electrons. The minimum atomic E-state index is -3.47. The molecule has 0 unspecified atom stereocenters. The van der Waals surface area contributed by atoms with Crippen LogP contribution in [0.15, 0.2) is 71.6 Å². The van der Waals surface area contributed by atoms with Gasteiger partial charge in [0, 0.05) is 38.4 Å². The summed E-state index contributed by atoms with van der Waals surface area (Å²) in [5, 5.41) is 3.45. The number of carbonyl (C=O) groups excluding carboxylic acids is 1. The van der Waals surface area contributed by atoms with Crippen LogP contribution in [0, 0.1) is 0 Å². The van der Waals surface area contributed by atoms with Crippen LogP contribution in [-0.4, -0.2) is 59.0 Å². The van der Waals surface area contributed by atoms with Gasteiger partial charge in [-0.15, -0.1) is 0 Å². The van der Waals surface area contributed by atoms with Gasteiger partial charge in [-0.3, -0.25) is 4.79 Å². The maximum Gasteiger partial charge on any atom is 0.255 e. The molecule has 1 heterocycles. The molecule has 0 atom stereocenters. The number of anilines is 2. The van der Waals surface area contributed by atoms with Crippen LogP contribution in [0.1, 0.15) is 15.9 Å². The largest absolute Gasteiger partial charge is 0.489 e. The van der Waals surface area contributed by atoms with E-state index in [1.807, 2.05) is 12.1 Å². The van der Waals surface area contributed by atoms with Crippen LogP contribution >= 0.6 is 11.6 Å². The van der Waals surface area contributed by atoms with Crippen molar-refractivity contribution >= 4 is 38.9 Å². The highest BCUT2D eigenvalue weighted by atomic mass is 35.5. The predicted molar refractivity (Wildman–Crippen MR) is 141 cm³/mol. The maximum atomic E-state index is 12.7. The van der Waals surface area contributed by atoms with Gasteiger partial charge in [0.15, 0.2) is 0 Å². The Bertz CT molecular complexity index is 1310. The first-order valence-corrected chi connectivity index (χ1v) is 13.2. The number of amides is 1. The van der Waals surface area contributed by atoms with Gasteiger partial charge >= 0.3 is 0 Å². The smallest absolute Gasteiger partial charge is 0.255 e. The fourth-order valence-corrected chi connectivity index (χ4v) is 4.89. The van der Waals surface area contributed by atoms with Crippen molar-refractivity contribution in [3.63, 3.8) is 0 Å². The van der Waals surface area contributed by atoms with E-state index in [0.717, 1.165) is 24.3 Å².